The molecule has 0 radical (unpaired) electrons. The van der Waals surface area contributed by atoms with E-state index in [9.17, 15) is 31.9 Å². The van der Waals surface area contributed by atoms with Crippen LogP contribution in [0, 0.1) is 11.6 Å². The molecule has 7 nitrogen and oxygen atoms in total. The van der Waals surface area contributed by atoms with E-state index < -0.39 is 41.6 Å². The maximum atomic E-state index is 14.3. The Hall–Kier alpha value is -3.96. The molecule has 2 heterocycles. The van der Waals surface area contributed by atoms with Crippen LogP contribution in [0.5, 0.6) is 11.6 Å². The van der Waals surface area contributed by atoms with Crippen LogP contribution in [-0.2, 0) is 0 Å². The Morgan fingerprint density at radius 2 is 1.87 bits per heavy atom. The lowest BCUT2D eigenvalue weighted by Gasteiger charge is -2.20. The van der Waals surface area contributed by atoms with Crippen molar-refractivity contribution in [3.63, 3.8) is 0 Å². The van der Waals surface area contributed by atoms with E-state index in [2.05, 4.69) is 20.0 Å². The van der Waals surface area contributed by atoms with Gasteiger partial charge < -0.3 is 20.9 Å². The van der Waals surface area contributed by atoms with Crippen LogP contribution < -0.4 is 15.8 Å². The fourth-order valence-electron chi connectivity index (χ4n) is 2.61. The molecule has 2 aromatic heterocycles. The lowest BCUT2D eigenvalue weighted by molar-refractivity contribution is -0.275. The highest BCUT2D eigenvalue weighted by molar-refractivity contribution is 5.93. The van der Waals surface area contributed by atoms with Gasteiger partial charge >= 0.3 is 6.36 Å². The number of aromatic nitrogens is 2. The number of nitrogens with one attached hydrogen (secondary N) is 1. The maximum Gasteiger partial charge on any atom is 0.573 e. The van der Waals surface area contributed by atoms with Gasteiger partial charge in [-0.1, -0.05) is 6.07 Å². The van der Waals surface area contributed by atoms with Crippen LogP contribution in [-0.4, -0.2) is 27.3 Å². The Balaban J connectivity index is 1.99. The first kappa shape index (κ1) is 21.7. The minimum absolute atomic E-state index is 0.0915. The predicted molar refractivity (Wildman–Crippen MR) is 96.9 cm³/mol. The van der Waals surface area contributed by atoms with Crippen molar-refractivity contribution >= 4 is 11.6 Å². The first-order valence-corrected chi connectivity index (χ1v) is 8.47. The maximum absolute atomic E-state index is 14.3. The van der Waals surface area contributed by atoms with Crippen LogP contribution in [0.1, 0.15) is 27.8 Å². The first-order valence-electron chi connectivity index (χ1n) is 8.47. The smallest absolute Gasteiger partial charge is 0.492 e. The topological polar surface area (TPSA) is 110 Å². The predicted octanol–water partition coefficient (Wildman–Crippen LogP) is 3.46. The molecule has 0 bridgehead atoms. The number of hydrogen-bond donors (Lipinski definition) is 3. The first-order chi connectivity index (χ1) is 14.5. The number of carbonyl (C=O) groups excluding carboxylic acids is 1. The number of pyridine rings is 2. The number of rotatable bonds is 5. The van der Waals surface area contributed by atoms with Crippen LogP contribution in [0.3, 0.4) is 0 Å². The minimum Gasteiger partial charge on any atom is -0.492 e. The van der Waals surface area contributed by atoms with Crippen LogP contribution in [0.4, 0.5) is 27.6 Å². The Morgan fingerprint density at radius 1 is 1.13 bits per heavy atom. The zero-order valence-electron chi connectivity index (χ0n) is 15.3. The van der Waals surface area contributed by atoms with E-state index in [1.165, 1.54) is 24.4 Å². The number of nitrogens with zero attached hydrogens (tertiary/aromatic N) is 2. The van der Waals surface area contributed by atoms with Gasteiger partial charge in [-0.25, -0.2) is 13.8 Å². The van der Waals surface area contributed by atoms with E-state index in [1.807, 2.05) is 0 Å². The van der Waals surface area contributed by atoms with E-state index >= 15 is 0 Å². The molecular weight excluding hydrogens is 427 g/mol. The molecule has 3 rings (SSSR count). The molecule has 162 valence electrons. The molecule has 0 aliphatic carbocycles. The number of halogens is 5. The van der Waals surface area contributed by atoms with Gasteiger partial charge in [0.15, 0.2) is 11.6 Å². The zero-order valence-corrected chi connectivity index (χ0v) is 15.3. The molecule has 0 saturated carbocycles. The van der Waals surface area contributed by atoms with Gasteiger partial charge in [0.1, 0.15) is 17.2 Å². The normalized spacial score (nSPS) is 12.3. The third-order valence-electron chi connectivity index (χ3n) is 3.99. The molecule has 1 unspecified atom stereocenters. The lowest BCUT2D eigenvalue weighted by atomic mass is 10.0. The number of benzene rings is 1. The molecule has 31 heavy (non-hydrogen) atoms. The third kappa shape index (κ3) is 5.15. The van der Waals surface area contributed by atoms with E-state index in [0.717, 1.165) is 12.1 Å². The van der Waals surface area contributed by atoms with Crippen molar-refractivity contribution in [2.45, 2.75) is 12.4 Å². The largest absolute Gasteiger partial charge is 0.573 e. The highest BCUT2D eigenvalue weighted by atomic mass is 19.4. The van der Waals surface area contributed by atoms with Crippen LogP contribution in [0.15, 0.2) is 48.7 Å². The van der Waals surface area contributed by atoms with Gasteiger partial charge in [0.25, 0.3) is 5.91 Å². The molecule has 1 atom stereocenters. The molecule has 1 amide bonds. The second-order valence-corrected chi connectivity index (χ2v) is 6.12. The number of hydrogen-bond acceptors (Lipinski definition) is 6. The summed E-state index contributed by atoms with van der Waals surface area (Å²) in [6.07, 6.45) is -3.91. The number of nitrogen functional groups attached to an aromatic ring is 1. The Bertz CT molecular complexity index is 1120. The SMILES string of the molecule is Nc1ccc(C(=O)NC(c2ccc(OC(F)(F)F)c(F)c2)c2ncccc2F)nc1O. The molecule has 0 aliphatic rings. The molecular formula is C19H13F5N4O3. The number of anilines is 1. The van der Waals surface area contributed by atoms with Crippen molar-refractivity contribution in [1.82, 2.24) is 15.3 Å². The van der Waals surface area contributed by atoms with Crippen LogP contribution in [0.25, 0.3) is 0 Å². The number of ether oxygens (including phenoxy) is 1. The average molecular weight is 440 g/mol. The second-order valence-electron chi connectivity index (χ2n) is 6.12. The van der Waals surface area contributed by atoms with E-state index in [4.69, 9.17) is 5.73 Å². The van der Waals surface area contributed by atoms with Gasteiger partial charge in [0.2, 0.25) is 5.88 Å². The lowest BCUT2D eigenvalue weighted by Crippen LogP contribution is -2.31. The van der Waals surface area contributed by atoms with E-state index in [0.29, 0.717) is 12.1 Å². The molecule has 1 aromatic carbocycles. The number of aromatic hydroxyl groups is 1. The third-order valence-corrected chi connectivity index (χ3v) is 3.99. The fourth-order valence-corrected chi connectivity index (χ4v) is 2.61. The molecule has 0 saturated heterocycles. The van der Waals surface area contributed by atoms with Gasteiger partial charge in [-0.3, -0.25) is 9.78 Å². The average Bonchev–Trinajstić information content (AvgIpc) is 2.69. The van der Waals surface area contributed by atoms with Crippen molar-refractivity contribution in [1.29, 1.82) is 0 Å². The second kappa shape index (κ2) is 8.42. The van der Waals surface area contributed by atoms with Gasteiger partial charge in [0.05, 0.1) is 11.7 Å². The molecule has 0 spiro atoms. The summed E-state index contributed by atoms with van der Waals surface area (Å²) in [5, 5.41) is 11.9. The quantitative estimate of drug-likeness (QED) is 0.524. The van der Waals surface area contributed by atoms with Crippen molar-refractivity contribution in [2.24, 2.45) is 0 Å². The number of alkyl halides is 3. The van der Waals surface area contributed by atoms with E-state index in [1.54, 1.807) is 0 Å². The number of carbonyl (C=O) groups is 1. The van der Waals surface area contributed by atoms with Gasteiger partial charge in [-0.05, 0) is 42.0 Å². The molecule has 0 fully saturated rings. The fraction of sp³-hybridized carbons (Fsp3) is 0.105. The standard InChI is InChI=1S/C19H13F5N4O3/c20-10-2-1-7-26-16(10)15(28-18(30)13-5-4-12(25)17(29)27-13)9-3-6-14(11(21)8-9)31-19(22,23)24/h1-8,15H,25H2,(H,27,29)(H,28,30). The molecule has 12 heteroatoms. The van der Waals surface area contributed by atoms with Gasteiger partial charge in [0, 0.05) is 6.20 Å². The Kier molecular flexibility index (Phi) is 5.90. The highest BCUT2D eigenvalue weighted by Crippen LogP contribution is 2.30. The molecule has 4 N–H and O–H groups in total. The Labute approximate surface area is 171 Å². The van der Waals surface area contributed by atoms with Crippen LogP contribution in [0.2, 0.25) is 0 Å². The summed E-state index contributed by atoms with van der Waals surface area (Å²) in [4.78, 5) is 20.0. The van der Waals surface area contributed by atoms with Gasteiger partial charge in [-0.2, -0.15) is 0 Å². The zero-order chi connectivity index (χ0) is 22.8. The van der Waals surface area contributed by atoms with Crippen LogP contribution >= 0.6 is 0 Å². The summed E-state index contributed by atoms with van der Waals surface area (Å²) in [5.41, 5.74) is 4.58. The van der Waals surface area contributed by atoms with Crippen molar-refractivity contribution < 1.29 is 36.6 Å². The van der Waals surface area contributed by atoms with Crippen molar-refractivity contribution in [3.8, 4) is 11.6 Å². The summed E-state index contributed by atoms with van der Waals surface area (Å²) >= 11 is 0. The van der Waals surface area contributed by atoms with Crippen molar-refractivity contribution in [3.05, 3.63) is 77.2 Å². The summed E-state index contributed by atoms with van der Waals surface area (Å²) in [5.74, 6) is -4.90. The monoisotopic (exact) mass is 440 g/mol. The molecule has 0 aliphatic heterocycles. The van der Waals surface area contributed by atoms with Gasteiger partial charge in [-0.15, -0.1) is 13.2 Å². The number of amides is 1. The number of nitrogens with two attached hydrogens (primary N) is 1. The summed E-state index contributed by atoms with van der Waals surface area (Å²) in [6.45, 7) is 0. The summed E-state index contributed by atoms with van der Waals surface area (Å²) in [6, 6.07) is 5.62. The Morgan fingerprint density at radius 3 is 2.48 bits per heavy atom. The summed E-state index contributed by atoms with van der Waals surface area (Å²) in [7, 11) is 0. The van der Waals surface area contributed by atoms with Crippen molar-refractivity contribution in [2.75, 3.05) is 5.73 Å². The summed E-state index contributed by atoms with van der Waals surface area (Å²) < 4.78 is 69.2. The van der Waals surface area contributed by atoms with E-state index in [-0.39, 0.29) is 22.6 Å². The molecule has 3 aromatic rings. The minimum atomic E-state index is -5.12. The highest BCUT2D eigenvalue weighted by Gasteiger charge is 2.33.